The highest BCUT2D eigenvalue weighted by atomic mass is 32.2. The summed E-state index contributed by atoms with van der Waals surface area (Å²) in [5.41, 5.74) is 1.30. The third kappa shape index (κ3) is 5.93. The lowest BCUT2D eigenvalue weighted by atomic mass is 9.93. The second-order valence-corrected chi connectivity index (χ2v) is 8.94. The Bertz CT molecular complexity index is 577. The predicted octanol–water partition coefficient (Wildman–Crippen LogP) is 2.58. The monoisotopic (exact) mass is 390 g/mol. The first-order valence-corrected chi connectivity index (χ1v) is 11.7. The van der Waals surface area contributed by atoms with Crippen LogP contribution in [0, 0.1) is 5.92 Å². The summed E-state index contributed by atoms with van der Waals surface area (Å²) in [6, 6.07) is 4.82. The number of aromatic nitrogens is 1. The van der Waals surface area contributed by atoms with Gasteiger partial charge >= 0.3 is 0 Å². The molecule has 3 heterocycles. The molecule has 0 radical (unpaired) electrons. The molecule has 2 fully saturated rings. The smallest absolute Gasteiger partial charge is 0.226 e. The zero-order chi connectivity index (χ0) is 19.1. The van der Waals surface area contributed by atoms with Crippen molar-refractivity contribution in [3.8, 4) is 0 Å². The largest absolute Gasteiger partial charge is 0.345 e. The molecule has 0 spiro atoms. The summed E-state index contributed by atoms with van der Waals surface area (Å²) >= 11 is 1.81. The summed E-state index contributed by atoms with van der Waals surface area (Å²) in [5, 5.41) is 0. The SMILES string of the molecule is CSCCN(C)C(=O)[C@@H]1CCCN(C2CCN(Cc3cccnc3)CC2)C1. The van der Waals surface area contributed by atoms with Crippen LogP contribution in [-0.2, 0) is 11.3 Å². The lowest BCUT2D eigenvalue weighted by Crippen LogP contribution is -2.51. The van der Waals surface area contributed by atoms with Crippen LogP contribution in [0.1, 0.15) is 31.2 Å². The lowest BCUT2D eigenvalue weighted by Gasteiger charge is -2.42. The molecular formula is C21H34N4OS. The Kier molecular flexibility index (Phi) is 7.97. The van der Waals surface area contributed by atoms with E-state index in [-0.39, 0.29) is 5.92 Å². The Morgan fingerprint density at radius 1 is 1.30 bits per heavy atom. The number of hydrogen-bond donors (Lipinski definition) is 0. The molecule has 3 rings (SSSR count). The predicted molar refractivity (Wildman–Crippen MR) is 113 cm³/mol. The molecule has 150 valence electrons. The molecule has 0 saturated carbocycles. The summed E-state index contributed by atoms with van der Waals surface area (Å²) < 4.78 is 0. The molecule has 0 unspecified atom stereocenters. The van der Waals surface area contributed by atoms with E-state index in [1.165, 1.54) is 18.4 Å². The van der Waals surface area contributed by atoms with Gasteiger partial charge in [0.25, 0.3) is 0 Å². The molecule has 1 aromatic rings. The third-order valence-corrected chi connectivity index (χ3v) is 6.60. The van der Waals surface area contributed by atoms with E-state index in [0.29, 0.717) is 11.9 Å². The number of carbonyl (C=O) groups excluding carboxylic acids is 1. The van der Waals surface area contributed by atoms with E-state index in [9.17, 15) is 4.79 Å². The first kappa shape index (κ1) is 20.6. The zero-order valence-corrected chi connectivity index (χ0v) is 17.7. The van der Waals surface area contributed by atoms with Gasteiger partial charge in [-0.05, 0) is 63.2 Å². The van der Waals surface area contributed by atoms with E-state index in [1.807, 2.05) is 30.4 Å². The van der Waals surface area contributed by atoms with E-state index in [1.54, 1.807) is 11.8 Å². The van der Waals surface area contributed by atoms with Gasteiger partial charge in [0.2, 0.25) is 5.91 Å². The van der Waals surface area contributed by atoms with E-state index in [0.717, 1.165) is 57.9 Å². The van der Waals surface area contributed by atoms with E-state index >= 15 is 0 Å². The molecule has 1 amide bonds. The second-order valence-electron chi connectivity index (χ2n) is 7.96. The highest BCUT2D eigenvalue weighted by Gasteiger charge is 2.32. The number of carbonyl (C=O) groups is 1. The van der Waals surface area contributed by atoms with Gasteiger partial charge in [-0.3, -0.25) is 19.6 Å². The van der Waals surface area contributed by atoms with Gasteiger partial charge < -0.3 is 4.90 Å². The van der Waals surface area contributed by atoms with Crippen LogP contribution in [0.4, 0.5) is 0 Å². The molecule has 0 bridgehead atoms. The quantitative estimate of drug-likeness (QED) is 0.716. The number of pyridine rings is 1. The summed E-state index contributed by atoms with van der Waals surface area (Å²) in [6.45, 7) is 6.26. The Balaban J connectivity index is 1.46. The maximum atomic E-state index is 12.8. The minimum absolute atomic E-state index is 0.194. The van der Waals surface area contributed by atoms with Gasteiger partial charge in [0, 0.05) is 50.9 Å². The molecule has 27 heavy (non-hydrogen) atoms. The summed E-state index contributed by atoms with van der Waals surface area (Å²) in [7, 11) is 1.97. The molecule has 0 aliphatic carbocycles. The molecule has 6 heteroatoms. The molecule has 1 atom stereocenters. The van der Waals surface area contributed by atoms with E-state index in [4.69, 9.17) is 0 Å². The van der Waals surface area contributed by atoms with Crippen molar-refractivity contribution in [1.29, 1.82) is 0 Å². The number of nitrogens with zero attached hydrogens (tertiary/aromatic N) is 4. The number of thioether (sulfide) groups is 1. The van der Waals surface area contributed by atoms with Crippen LogP contribution in [0.25, 0.3) is 0 Å². The Labute approximate surface area is 168 Å². The summed E-state index contributed by atoms with van der Waals surface area (Å²) in [5.74, 6) is 1.57. The first-order chi connectivity index (χ1) is 13.2. The number of likely N-dealkylation sites (tertiary alicyclic amines) is 2. The van der Waals surface area contributed by atoms with E-state index < -0.39 is 0 Å². The van der Waals surface area contributed by atoms with Crippen molar-refractivity contribution in [2.24, 2.45) is 5.92 Å². The second kappa shape index (κ2) is 10.4. The van der Waals surface area contributed by atoms with Crippen molar-refractivity contribution in [2.75, 3.05) is 51.8 Å². The standard InChI is InChI=1S/C21H34N4OS/c1-23(13-14-27-2)21(26)19-6-4-10-25(17-19)20-7-11-24(12-8-20)16-18-5-3-9-22-15-18/h3,5,9,15,19-20H,4,6-8,10-14,16-17H2,1-2H3/t19-/m1/s1. The Morgan fingerprint density at radius 2 is 2.11 bits per heavy atom. The molecule has 2 saturated heterocycles. The van der Waals surface area contributed by atoms with Gasteiger partial charge in [0.15, 0.2) is 0 Å². The minimum atomic E-state index is 0.194. The fourth-order valence-corrected chi connectivity index (χ4v) is 4.84. The first-order valence-electron chi connectivity index (χ1n) is 10.3. The van der Waals surface area contributed by atoms with Gasteiger partial charge in [0.05, 0.1) is 5.92 Å². The number of hydrogen-bond acceptors (Lipinski definition) is 5. The maximum Gasteiger partial charge on any atom is 0.226 e. The summed E-state index contributed by atoms with van der Waals surface area (Å²) in [6.07, 6.45) is 10.5. The van der Waals surface area contributed by atoms with Crippen LogP contribution in [-0.4, -0.2) is 83.4 Å². The van der Waals surface area contributed by atoms with Crippen molar-refractivity contribution < 1.29 is 4.79 Å². The molecular weight excluding hydrogens is 356 g/mol. The van der Waals surface area contributed by atoms with Gasteiger partial charge in [-0.2, -0.15) is 11.8 Å². The van der Waals surface area contributed by atoms with Gasteiger partial charge in [-0.25, -0.2) is 0 Å². The van der Waals surface area contributed by atoms with E-state index in [2.05, 4.69) is 27.1 Å². The van der Waals surface area contributed by atoms with Gasteiger partial charge in [0.1, 0.15) is 0 Å². The van der Waals surface area contributed by atoms with Crippen LogP contribution < -0.4 is 0 Å². The molecule has 5 nitrogen and oxygen atoms in total. The van der Waals surface area contributed by atoms with Crippen molar-refractivity contribution in [3.63, 3.8) is 0 Å². The van der Waals surface area contributed by atoms with Crippen molar-refractivity contribution in [1.82, 2.24) is 19.7 Å². The Hall–Kier alpha value is -1.11. The van der Waals surface area contributed by atoms with Gasteiger partial charge in [-0.1, -0.05) is 6.07 Å². The molecule has 1 aromatic heterocycles. The Morgan fingerprint density at radius 3 is 2.81 bits per heavy atom. The maximum absolute atomic E-state index is 12.8. The van der Waals surface area contributed by atoms with Crippen LogP contribution >= 0.6 is 11.8 Å². The normalized spacial score (nSPS) is 22.7. The van der Waals surface area contributed by atoms with Gasteiger partial charge in [-0.15, -0.1) is 0 Å². The average Bonchev–Trinajstić information content (AvgIpc) is 2.73. The topological polar surface area (TPSA) is 39.7 Å². The number of amides is 1. The third-order valence-electron chi connectivity index (χ3n) is 6.01. The van der Waals surface area contributed by atoms with Crippen LogP contribution in [0.3, 0.4) is 0 Å². The van der Waals surface area contributed by atoms with Crippen LogP contribution in [0.5, 0.6) is 0 Å². The molecule has 2 aliphatic rings. The average molecular weight is 391 g/mol. The number of rotatable bonds is 7. The molecule has 0 N–H and O–H groups in total. The van der Waals surface area contributed by atoms with Crippen LogP contribution in [0.2, 0.25) is 0 Å². The fourth-order valence-electron chi connectivity index (χ4n) is 4.38. The van der Waals surface area contributed by atoms with Crippen molar-refractivity contribution in [3.05, 3.63) is 30.1 Å². The highest BCUT2D eigenvalue weighted by molar-refractivity contribution is 7.98. The van der Waals surface area contributed by atoms with Crippen molar-refractivity contribution in [2.45, 2.75) is 38.3 Å². The fraction of sp³-hybridized carbons (Fsp3) is 0.714. The minimum Gasteiger partial charge on any atom is -0.345 e. The lowest BCUT2D eigenvalue weighted by molar-refractivity contribution is -0.136. The summed E-state index contributed by atoms with van der Waals surface area (Å²) in [4.78, 5) is 24.1. The molecule has 2 aliphatic heterocycles. The zero-order valence-electron chi connectivity index (χ0n) is 16.8. The van der Waals surface area contributed by atoms with Crippen molar-refractivity contribution >= 4 is 17.7 Å². The van der Waals surface area contributed by atoms with Crippen LogP contribution in [0.15, 0.2) is 24.5 Å². The molecule has 0 aromatic carbocycles. The number of piperidine rings is 2. The highest BCUT2D eigenvalue weighted by Crippen LogP contribution is 2.25.